The Morgan fingerprint density at radius 1 is 1.30 bits per heavy atom. The minimum atomic E-state index is -0.596. The standard InChI is InChI=1S/C14H18FN3O2/c1-10(13(19)18-7-2-3-8-18)16-14(20)17-12-6-4-5-11(15)9-12/h4-6,9-10H,2-3,7-8H2,1H3,(H2,16,17,20). The lowest BCUT2D eigenvalue weighted by Gasteiger charge is -2.21. The molecule has 0 saturated carbocycles. The summed E-state index contributed by atoms with van der Waals surface area (Å²) in [5.41, 5.74) is 0.350. The molecule has 1 aliphatic heterocycles. The first kappa shape index (κ1) is 14.3. The fourth-order valence-corrected chi connectivity index (χ4v) is 2.20. The van der Waals surface area contributed by atoms with Gasteiger partial charge >= 0.3 is 6.03 Å². The second-order valence-electron chi connectivity index (χ2n) is 4.86. The molecule has 1 unspecified atom stereocenters. The van der Waals surface area contributed by atoms with Crippen LogP contribution in [0, 0.1) is 5.82 Å². The van der Waals surface area contributed by atoms with Gasteiger partial charge in [0.1, 0.15) is 11.9 Å². The summed E-state index contributed by atoms with van der Waals surface area (Å²) in [6, 6.07) is 4.48. The van der Waals surface area contributed by atoms with Crippen molar-refractivity contribution < 1.29 is 14.0 Å². The number of anilines is 1. The molecule has 6 heteroatoms. The Kier molecular flexibility index (Phi) is 4.55. The zero-order valence-corrected chi connectivity index (χ0v) is 11.4. The molecule has 1 aromatic rings. The first-order chi connectivity index (χ1) is 9.56. The zero-order valence-electron chi connectivity index (χ0n) is 11.4. The molecule has 1 atom stereocenters. The number of amides is 3. The highest BCUT2D eigenvalue weighted by atomic mass is 19.1. The van der Waals surface area contributed by atoms with Crippen molar-refractivity contribution in [2.45, 2.75) is 25.8 Å². The van der Waals surface area contributed by atoms with Crippen LogP contribution in [0.25, 0.3) is 0 Å². The van der Waals surface area contributed by atoms with Crippen molar-refractivity contribution in [1.29, 1.82) is 0 Å². The van der Waals surface area contributed by atoms with Crippen molar-refractivity contribution in [2.75, 3.05) is 18.4 Å². The fourth-order valence-electron chi connectivity index (χ4n) is 2.20. The molecule has 1 fully saturated rings. The molecule has 1 saturated heterocycles. The number of carbonyl (C=O) groups excluding carboxylic acids is 2. The molecule has 1 heterocycles. The van der Waals surface area contributed by atoms with Crippen molar-refractivity contribution in [3.63, 3.8) is 0 Å². The van der Waals surface area contributed by atoms with Gasteiger partial charge in [0.05, 0.1) is 0 Å². The average molecular weight is 279 g/mol. The minimum absolute atomic E-state index is 0.0862. The third-order valence-corrected chi connectivity index (χ3v) is 3.22. The summed E-state index contributed by atoms with van der Waals surface area (Å²) in [4.78, 5) is 25.5. The molecule has 20 heavy (non-hydrogen) atoms. The van der Waals surface area contributed by atoms with Crippen molar-refractivity contribution in [3.8, 4) is 0 Å². The monoisotopic (exact) mass is 279 g/mol. The van der Waals surface area contributed by atoms with Crippen molar-refractivity contribution >= 4 is 17.6 Å². The first-order valence-electron chi connectivity index (χ1n) is 6.68. The highest BCUT2D eigenvalue weighted by Crippen LogP contribution is 2.10. The van der Waals surface area contributed by atoms with Crippen molar-refractivity contribution in [3.05, 3.63) is 30.1 Å². The van der Waals surface area contributed by atoms with Crippen LogP contribution in [0.3, 0.4) is 0 Å². The number of nitrogens with one attached hydrogen (secondary N) is 2. The van der Waals surface area contributed by atoms with Crippen molar-refractivity contribution in [1.82, 2.24) is 10.2 Å². The highest BCUT2D eigenvalue weighted by molar-refractivity contribution is 5.93. The zero-order chi connectivity index (χ0) is 14.5. The third-order valence-electron chi connectivity index (χ3n) is 3.22. The van der Waals surface area contributed by atoms with E-state index in [0.29, 0.717) is 5.69 Å². The van der Waals surface area contributed by atoms with Gasteiger partial charge in [0, 0.05) is 18.8 Å². The van der Waals surface area contributed by atoms with Crippen LogP contribution in [0.15, 0.2) is 24.3 Å². The molecule has 1 aromatic carbocycles. The van der Waals surface area contributed by atoms with E-state index in [4.69, 9.17) is 0 Å². The van der Waals surface area contributed by atoms with Gasteiger partial charge in [-0.2, -0.15) is 0 Å². The summed E-state index contributed by atoms with van der Waals surface area (Å²) >= 11 is 0. The lowest BCUT2D eigenvalue weighted by molar-refractivity contribution is -0.131. The van der Waals surface area contributed by atoms with E-state index < -0.39 is 17.9 Å². The molecule has 0 aromatic heterocycles. The Morgan fingerprint density at radius 2 is 2.00 bits per heavy atom. The molecule has 0 bridgehead atoms. The molecule has 108 valence electrons. The van der Waals surface area contributed by atoms with E-state index in [1.165, 1.54) is 18.2 Å². The van der Waals surface area contributed by atoms with Gasteiger partial charge in [-0.15, -0.1) is 0 Å². The summed E-state index contributed by atoms with van der Waals surface area (Å²) in [6.07, 6.45) is 2.02. The number of hydrogen-bond donors (Lipinski definition) is 2. The number of benzene rings is 1. The van der Waals surface area contributed by atoms with Crippen LogP contribution in [-0.4, -0.2) is 36.0 Å². The van der Waals surface area contributed by atoms with Crippen LogP contribution < -0.4 is 10.6 Å². The molecule has 2 N–H and O–H groups in total. The summed E-state index contributed by atoms with van der Waals surface area (Å²) in [5.74, 6) is -0.513. The highest BCUT2D eigenvalue weighted by Gasteiger charge is 2.24. The number of nitrogens with zero attached hydrogens (tertiary/aromatic N) is 1. The second-order valence-corrected chi connectivity index (χ2v) is 4.86. The van der Waals surface area contributed by atoms with Crippen LogP contribution in [0.1, 0.15) is 19.8 Å². The van der Waals surface area contributed by atoms with Gasteiger partial charge in [0.15, 0.2) is 0 Å². The number of likely N-dealkylation sites (tertiary alicyclic amines) is 1. The second kappa shape index (κ2) is 6.36. The Morgan fingerprint density at radius 3 is 2.65 bits per heavy atom. The van der Waals surface area contributed by atoms with E-state index in [2.05, 4.69) is 10.6 Å². The molecule has 3 amide bonds. The maximum atomic E-state index is 13.0. The predicted molar refractivity (Wildman–Crippen MR) is 73.8 cm³/mol. The van der Waals surface area contributed by atoms with Crippen LogP contribution >= 0.6 is 0 Å². The topological polar surface area (TPSA) is 61.4 Å². The van der Waals surface area contributed by atoms with E-state index in [0.717, 1.165) is 25.9 Å². The first-order valence-corrected chi connectivity index (χ1v) is 6.68. The van der Waals surface area contributed by atoms with Crippen LogP contribution in [0.4, 0.5) is 14.9 Å². The molecule has 0 spiro atoms. The number of carbonyl (C=O) groups is 2. The largest absolute Gasteiger partial charge is 0.341 e. The molecule has 5 nitrogen and oxygen atoms in total. The third kappa shape index (κ3) is 3.69. The molecular formula is C14H18FN3O2. The summed E-state index contributed by atoms with van der Waals surface area (Å²) < 4.78 is 13.0. The number of urea groups is 1. The predicted octanol–water partition coefficient (Wildman–Crippen LogP) is 1.96. The van der Waals surface area contributed by atoms with Crippen LogP contribution in [0.5, 0.6) is 0 Å². The lowest BCUT2D eigenvalue weighted by Crippen LogP contribution is -2.47. The Labute approximate surface area is 117 Å². The van der Waals surface area contributed by atoms with Gasteiger partial charge in [0.25, 0.3) is 0 Å². The molecule has 0 aliphatic carbocycles. The van der Waals surface area contributed by atoms with E-state index in [9.17, 15) is 14.0 Å². The van der Waals surface area contributed by atoms with Crippen LogP contribution in [-0.2, 0) is 4.79 Å². The maximum absolute atomic E-state index is 13.0. The van der Waals surface area contributed by atoms with Gasteiger partial charge in [-0.05, 0) is 38.0 Å². The van der Waals surface area contributed by atoms with Crippen LogP contribution in [0.2, 0.25) is 0 Å². The fraction of sp³-hybridized carbons (Fsp3) is 0.429. The van der Waals surface area contributed by atoms with Gasteiger partial charge < -0.3 is 15.5 Å². The van der Waals surface area contributed by atoms with E-state index in [-0.39, 0.29) is 5.91 Å². The van der Waals surface area contributed by atoms with Gasteiger partial charge in [-0.3, -0.25) is 4.79 Å². The molecule has 1 aliphatic rings. The van der Waals surface area contributed by atoms with E-state index in [1.54, 1.807) is 17.9 Å². The maximum Gasteiger partial charge on any atom is 0.319 e. The summed E-state index contributed by atoms with van der Waals surface area (Å²) in [6.45, 7) is 3.14. The quantitative estimate of drug-likeness (QED) is 0.888. The summed E-state index contributed by atoms with van der Waals surface area (Å²) in [7, 11) is 0. The summed E-state index contributed by atoms with van der Waals surface area (Å²) in [5, 5.41) is 5.06. The lowest BCUT2D eigenvalue weighted by atomic mass is 10.3. The van der Waals surface area contributed by atoms with Gasteiger partial charge in [-0.25, -0.2) is 9.18 Å². The van der Waals surface area contributed by atoms with E-state index >= 15 is 0 Å². The Bertz CT molecular complexity index is 501. The number of hydrogen-bond acceptors (Lipinski definition) is 2. The Balaban J connectivity index is 1.85. The van der Waals surface area contributed by atoms with Gasteiger partial charge in [0.2, 0.25) is 5.91 Å². The Hall–Kier alpha value is -2.11. The van der Waals surface area contributed by atoms with Gasteiger partial charge in [-0.1, -0.05) is 6.07 Å². The number of rotatable bonds is 3. The SMILES string of the molecule is CC(NC(=O)Nc1cccc(F)c1)C(=O)N1CCCC1. The average Bonchev–Trinajstić information content (AvgIpc) is 2.91. The number of halogens is 1. The molecule has 2 rings (SSSR count). The van der Waals surface area contributed by atoms with E-state index in [1.807, 2.05) is 0 Å². The smallest absolute Gasteiger partial charge is 0.319 e. The minimum Gasteiger partial charge on any atom is -0.341 e. The molecule has 0 radical (unpaired) electrons. The molecular weight excluding hydrogens is 261 g/mol. The van der Waals surface area contributed by atoms with Crippen molar-refractivity contribution in [2.24, 2.45) is 0 Å². The normalized spacial score (nSPS) is 15.8.